The van der Waals surface area contributed by atoms with E-state index in [1.807, 2.05) is 6.07 Å². The van der Waals surface area contributed by atoms with E-state index in [0.29, 0.717) is 16.6 Å². The van der Waals surface area contributed by atoms with E-state index >= 15 is 0 Å². The first-order valence-electron chi connectivity index (χ1n) is 6.76. The van der Waals surface area contributed by atoms with Crippen LogP contribution in [0.1, 0.15) is 43.9 Å². The zero-order chi connectivity index (χ0) is 13.9. The predicted octanol–water partition coefficient (Wildman–Crippen LogP) is 3.83. The molecule has 0 bridgehead atoms. The second kappa shape index (κ2) is 6.57. The highest BCUT2D eigenvalue weighted by Gasteiger charge is 2.33. The first kappa shape index (κ1) is 15.3. The lowest BCUT2D eigenvalue weighted by molar-refractivity contribution is 0.240. The van der Waals surface area contributed by atoms with Crippen molar-refractivity contribution in [2.75, 3.05) is 6.54 Å². The van der Waals surface area contributed by atoms with Gasteiger partial charge in [-0.3, -0.25) is 0 Å². The minimum atomic E-state index is -3.33. The van der Waals surface area contributed by atoms with Crippen LogP contribution in [-0.4, -0.2) is 25.3 Å². The number of rotatable bonds is 5. The Morgan fingerprint density at radius 1 is 1.42 bits per heavy atom. The molecule has 1 unspecified atom stereocenters. The van der Waals surface area contributed by atoms with E-state index in [9.17, 15) is 8.42 Å². The third kappa shape index (κ3) is 3.32. The molecule has 6 heteroatoms. The molecular weight excluding hydrogens is 302 g/mol. The molecular formula is C13H20ClNO2S2. The Bertz CT molecular complexity index is 510. The molecule has 2 rings (SSSR count). The Labute approximate surface area is 124 Å². The summed E-state index contributed by atoms with van der Waals surface area (Å²) in [4.78, 5) is 0.907. The van der Waals surface area contributed by atoms with Gasteiger partial charge in [0.15, 0.2) is 0 Å². The molecule has 0 aromatic carbocycles. The fraction of sp³-hybridized carbons (Fsp3) is 0.692. The molecule has 1 aliphatic heterocycles. The zero-order valence-electron chi connectivity index (χ0n) is 11.1. The van der Waals surface area contributed by atoms with Crippen molar-refractivity contribution in [3.05, 3.63) is 17.0 Å². The van der Waals surface area contributed by atoms with Gasteiger partial charge in [-0.15, -0.1) is 22.9 Å². The van der Waals surface area contributed by atoms with Gasteiger partial charge < -0.3 is 0 Å². The summed E-state index contributed by atoms with van der Waals surface area (Å²) in [6.45, 7) is 2.76. The maximum atomic E-state index is 12.7. The lowest BCUT2D eigenvalue weighted by Crippen LogP contribution is -2.43. The van der Waals surface area contributed by atoms with E-state index in [1.54, 1.807) is 10.4 Å². The number of halogens is 1. The largest absolute Gasteiger partial charge is 0.252 e. The number of sulfonamides is 1. The molecule has 108 valence electrons. The average Bonchev–Trinajstić information content (AvgIpc) is 2.89. The Kier molecular flexibility index (Phi) is 5.29. The van der Waals surface area contributed by atoms with Crippen molar-refractivity contribution in [1.82, 2.24) is 4.31 Å². The molecule has 1 saturated heterocycles. The normalized spacial score (nSPS) is 21.7. The smallest absolute Gasteiger partial charge is 0.206 e. The van der Waals surface area contributed by atoms with Crippen molar-refractivity contribution < 1.29 is 8.42 Å². The molecule has 3 nitrogen and oxygen atoms in total. The summed E-state index contributed by atoms with van der Waals surface area (Å²) in [6, 6.07) is 3.67. The number of piperidine rings is 1. The molecule has 1 aromatic heterocycles. The molecule has 0 N–H and O–H groups in total. The summed E-state index contributed by atoms with van der Waals surface area (Å²) >= 11 is 7.05. The van der Waals surface area contributed by atoms with Crippen LogP contribution in [0.2, 0.25) is 0 Å². The topological polar surface area (TPSA) is 37.4 Å². The monoisotopic (exact) mass is 321 g/mol. The quantitative estimate of drug-likeness (QED) is 0.773. The molecule has 1 aliphatic rings. The number of thiophene rings is 1. The van der Waals surface area contributed by atoms with Gasteiger partial charge in [0.2, 0.25) is 0 Å². The van der Waals surface area contributed by atoms with Gasteiger partial charge in [-0.2, -0.15) is 4.31 Å². The van der Waals surface area contributed by atoms with E-state index in [1.165, 1.54) is 11.3 Å². The van der Waals surface area contributed by atoms with Crippen molar-refractivity contribution in [3.8, 4) is 0 Å². The maximum Gasteiger partial charge on any atom is 0.252 e. The van der Waals surface area contributed by atoms with Gasteiger partial charge in [0.25, 0.3) is 10.0 Å². The Morgan fingerprint density at radius 3 is 2.84 bits per heavy atom. The fourth-order valence-corrected chi connectivity index (χ4v) is 5.91. The third-order valence-electron chi connectivity index (χ3n) is 3.53. The van der Waals surface area contributed by atoms with Crippen LogP contribution in [0.3, 0.4) is 0 Å². The molecule has 0 aliphatic carbocycles. The molecule has 1 fully saturated rings. The van der Waals surface area contributed by atoms with Crippen molar-refractivity contribution >= 4 is 33.0 Å². The van der Waals surface area contributed by atoms with Gasteiger partial charge in [-0.1, -0.05) is 19.8 Å². The van der Waals surface area contributed by atoms with Gasteiger partial charge in [0, 0.05) is 17.5 Å². The highest BCUT2D eigenvalue weighted by atomic mass is 35.5. The molecule has 0 radical (unpaired) electrons. The maximum absolute atomic E-state index is 12.7. The summed E-state index contributed by atoms with van der Waals surface area (Å²) in [5.74, 6) is 0.374. The lowest BCUT2D eigenvalue weighted by Gasteiger charge is -2.34. The Hall–Kier alpha value is -0.100. The minimum absolute atomic E-state index is 0.172. The van der Waals surface area contributed by atoms with E-state index in [0.717, 1.165) is 37.0 Å². The highest BCUT2D eigenvalue weighted by molar-refractivity contribution is 7.91. The van der Waals surface area contributed by atoms with Gasteiger partial charge in [-0.25, -0.2) is 8.42 Å². The van der Waals surface area contributed by atoms with Crippen LogP contribution in [0.25, 0.3) is 0 Å². The van der Waals surface area contributed by atoms with E-state index < -0.39 is 10.0 Å². The minimum Gasteiger partial charge on any atom is -0.206 e. The van der Waals surface area contributed by atoms with Crippen molar-refractivity contribution in [1.29, 1.82) is 0 Å². The first-order chi connectivity index (χ1) is 9.09. The van der Waals surface area contributed by atoms with Crippen molar-refractivity contribution in [3.63, 3.8) is 0 Å². The zero-order valence-corrected chi connectivity index (χ0v) is 13.5. The summed E-state index contributed by atoms with van der Waals surface area (Å²) in [5, 5.41) is 0. The standard InChI is InChI=1S/C13H20ClNO2S2/c1-2-5-11-6-3-4-9-15(11)19(16,17)13-8-7-12(10-14)18-13/h7-8,11H,2-6,9-10H2,1H3. The molecule has 0 amide bonds. The Balaban J connectivity index is 2.25. The third-order valence-corrected chi connectivity index (χ3v) is 7.48. The second-order valence-corrected chi connectivity index (χ2v) is 8.46. The summed E-state index contributed by atoms with van der Waals surface area (Å²) in [5.41, 5.74) is 0. The summed E-state index contributed by atoms with van der Waals surface area (Å²) in [6.07, 6.45) is 5.06. The predicted molar refractivity (Wildman–Crippen MR) is 80.3 cm³/mol. The SMILES string of the molecule is CCCC1CCCCN1S(=O)(=O)c1ccc(CCl)s1. The van der Waals surface area contributed by atoms with Gasteiger partial charge in [-0.05, 0) is 31.4 Å². The van der Waals surface area contributed by atoms with Crippen LogP contribution in [-0.2, 0) is 15.9 Å². The molecule has 1 aromatic rings. The van der Waals surface area contributed by atoms with Crippen molar-refractivity contribution in [2.45, 2.75) is 55.2 Å². The van der Waals surface area contributed by atoms with E-state index in [2.05, 4.69) is 6.92 Å². The van der Waals surface area contributed by atoms with Gasteiger partial charge in [0.05, 0.1) is 5.88 Å². The molecule has 0 spiro atoms. The van der Waals surface area contributed by atoms with Gasteiger partial charge >= 0.3 is 0 Å². The summed E-state index contributed by atoms with van der Waals surface area (Å²) < 4.78 is 27.5. The first-order valence-corrected chi connectivity index (χ1v) is 9.55. The molecule has 1 atom stereocenters. The van der Waals surface area contributed by atoms with Crippen LogP contribution in [0.5, 0.6) is 0 Å². The van der Waals surface area contributed by atoms with Gasteiger partial charge in [0.1, 0.15) is 4.21 Å². The van der Waals surface area contributed by atoms with Crippen molar-refractivity contribution in [2.24, 2.45) is 0 Å². The second-order valence-electron chi connectivity index (χ2n) is 4.91. The number of nitrogens with zero attached hydrogens (tertiary/aromatic N) is 1. The summed E-state index contributed by atoms with van der Waals surface area (Å²) in [7, 11) is -3.33. The van der Waals surface area contributed by atoms with E-state index in [4.69, 9.17) is 11.6 Å². The number of hydrogen-bond acceptors (Lipinski definition) is 3. The molecule has 19 heavy (non-hydrogen) atoms. The van der Waals surface area contributed by atoms with E-state index in [-0.39, 0.29) is 6.04 Å². The van der Waals surface area contributed by atoms with Crippen LogP contribution >= 0.6 is 22.9 Å². The fourth-order valence-electron chi connectivity index (χ4n) is 2.60. The van der Waals surface area contributed by atoms with Crippen LogP contribution in [0, 0.1) is 0 Å². The number of hydrogen-bond donors (Lipinski definition) is 0. The molecule has 0 saturated carbocycles. The average molecular weight is 322 g/mol. The van der Waals surface area contributed by atoms with Crippen LogP contribution < -0.4 is 0 Å². The lowest BCUT2D eigenvalue weighted by atomic mass is 10.0. The molecule has 2 heterocycles. The highest BCUT2D eigenvalue weighted by Crippen LogP contribution is 2.31. The van der Waals surface area contributed by atoms with Crippen LogP contribution in [0.15, 0.2) is 16.3 Å². The van der Waals surface area contributed by atoms with Crippen LogP contribution in [0.4, 0.5) is 0 Å². The Morgan fingerprint density at radius 2 is 2.21 bits per heavy atom. The number of alkyl halides is 1.